The molecule has 8 aromatic carbocycles. The van der Waals surface area contributed by atoms with Gasteiger partial charge in [0, 0.05) is 59.1 Å². The summed E-state index contributed by atoms with van der Waals surface area (Å²) in [7, 11) is 0. The molecule has 0 aliphatic heterocycles. The van der Waals surface area contributed by atoms with E-state index in [1.54, 1.807) is 0 Å². The Balaban J connectivity index is 1.16. The molecule has 0 saturated carbocycles. The van der Waals surface area contributed by atoms with E-state index in [-0.39, 0.29) is 0 Å². The van der Waals surface area contributed by atoms with Crippen molar-refractivity contribution in [2.45, 2.75) is 0 Å². The van der Waals surface area contributed by atoms with Gasteiger partial charge in [0.25, 0.3) is 0 Å². The van der Waals surface area contributed by atoms with Crippen LogP contribution >= 0.6 is 0 Å². The summed E-state index contributed by atoms with van der Waals surface area (Å²) in [5, 5.41) is 15.7. The lowest BCUT2D eigenvalue weighted by Gasteiger charge is -2.20. The highest BCUT2D eigenvalue weighted by atomic mass is 14.8. The molecular formula is C54H28N4. The second-order valence-corrected chi connectivity index (χ2v) is 15.7. The minimum Gasteiger partial charge on any atom is -0.264 e. The van der Waals surface area contributed by atoms with Crippen molar-refractivity contribution >= 4 is 75.7 Å². The molecule has 4 nitrogen and oxygen atoms in total. The molecule has 0 fully saturated rings. The van der Waals surface area contributed by atoms with E-state index in [2.05, 4.69) is 132 Å². The predicted molar refractivity (Wildman–Crippen MR) is 240 cm³/mol. The van der Waals surface area contributed by atoms with E-state index in [1.807, 2.05) is 43.2 Å². The number of pyridine rings is 4. The van der Waals surface area contributed by atoms with Crippen LogP contribution in [0, 0.1) is 0 Å². The van der Waals surface area contributed by atoms with Crippen LogP contribution in [0.25, 0.3) is 142 Å². The van der Waals surface area contributed by atoms with E-state index in [4.69, 9.17) is 15.0 Å². The molecule has 0 amide bonds. The van der Waals surface area contributed by atoms with Crippen LogP contribution in [0.15, 0.2) is 171 Å². The van der Waals surface area contributed by atoms with Crippen LogP contribution in [-0.2, 0) is 0 Å². The number of hydrogen-bond donors (Lipinski definition) is 0. The maximum absolute atomic E-state index is 4.80. The smallest absolute Gasteiger partial charge is 0.159 e. The van der Waals surface area contributed by atoms with Gasteiger partial charge in [-0.2, -0.15) is 0 Å². The van der Waals surface area contributed by atoms with Crippen LogP contribution in [0.2, 0.25) is 0 Å². The summed E-state index contributed by atoms with van der Waals surface area (Å²) >= 11 is 0. The minimum absolute atomic E-state index is 0.752. The van der Waals surface area contributed by atoms with E-state index >= 15 is 0 Å². The van der Waals surface area contributed by atoms with Crippen LogP contribution in [0.4, 0.5) is 0 Å². The van der Waals surface area contributed by atoms with Crippen molar-refractivity contribution in [2.75, 3.05) is 0 Å². The van der Waals surface area contributed by atoms with Gasteiger partial charge in [0.2, 0.25) is 0 Å². The fraction of sp³-hybridized carbons (Fsp3) is 0. The van der Waals surface area contributed by atoms with Crippen molar-refractivity contribution in [1.82, 2.24) is 19.9 Å². The Kier molecular flexibility index (Phi) is 5.73. The molecule has 0 atom stereocenters. The number of aromatic nitrogens is 4. The van der Waals surface area contributed by atoms with Gasteiger partial charge in [-0.1, -0.05) is 97.1 Å². The van der Waals surface area contributed by atoms with Crippen molar-refractivity contribution in [1.29, 1.82) is 0 Å². The normalized spacial score (nSPS) is 12.5. The molecule has 2 aliphatic carbocycles. The van der Waals surface area contributed by atoms with Gasteiger partial charge in [-0.3, -0.25) is 9.97 Å². The summed E-state index contributed by atoms with van der Waals surface area (Å²) in [6, 6.07) is 49.8. The number of hydrogen-bond acceptors (Lipinski definition) is 4. The zero-order chi connectivity index (χ0) is 37.6. The first kappa shape index (κ1) is 30.4. The average molecular weight is 733 g/mol. The highest BCUT2D eigenvalue weighted by Gasteiger charge is 2.30. The molecule has 4 aromatic heterocycles. The van der Waals surface area contributed by atoms with E-state index in [1.165, 1.54) is 109 Å². The van der Waals surface area contributed by atoms with Crippen LogP contribution < -0.4 is 0 Å². The summed E-state index contributed by atoms with van der Waals surface area (Å²) in [5.74, 6) is 0. The van der Waals surface area contributed by atoms with Gasteiger partial charge in [0.05, 0.1) is 0 Å². The Morgan fingerprint density at radius 1 is 0.276 bits per heavy atom. The quantitative estimate of drug-likeness (QED) is 0.166. The number of benzene rings is 8. The lowest BCUT2D eigenvalue weighted by Crippen LogP contribution is -1.94. The SMILES string of the molecule is c1cc2c3c(cccc3c1)-c1c-2cc2c(ccc3c4cc5c(c(-c6ccnc7ncccc67)c4ccc23)-c2cccc3cccc-5c23)c1-c1cncc2cnccc12. The monoisotopic (exact) mass is 732 g/mol. The highest BCUT2D eigenvalue weighted by Crippen LogP contribution is 2.57. The number of nitrogens with zero attached hydrogens (tertiary/aromatic N) is 4. The van der Waals surface area contributed by atoms with Crippen molar-refractivity contribution in [3.63, 3.8) is 0 Å². The van der Waals surface area contributed by atoms with E-state index in [0.29, 0.717) is 0 Å². The first-order chi connectivity index (χ1) is 28.8. The Bertz CT molecular complexity index is 3590. The zero-order valence-electron chi connectivity index (χ0n) is 31.0. The Morgan fingerprint density at radius 2 is 0.845 bits per heavy atom. The molecule has 58 heavy (non-hydrogen) atoms. The second kappa shape index (κ2) is 10.9. The molecule has 2 aliphatic rings. The summed E-state index contributed by atoms with van der Waals surface area (Å²) in [5.41, 5.74) is 15.7. The fourth-order valence-electron chi connectivity index (χ4n) is 10.7. The molecule has 12 aromatic rings. The summed E-state index contributed by atoms with van der Waals surface area (Å²) in [6.45, 7) is 0. The second-order valence-electron chi connectivity index (χ2n) is 15.7. The summed E-state index contributed by atoms with van der Waals surface area (Å²) in [4.78, 5) is 18.7. The van der Waals surface area contributed by atoms with E-state index in [9.17, 15) is 0 Å². The fourth-order valence-corrected chi connectivity index (χ4v) is 10.7. The third-order valence-corrected chi connectivity index (χ3v) is 13.0. The van der Waals surface area contributed by atoms with E-state index < -0.39 is 0 Å². The van der Waals surface area contributed by atoms with Gasteiger partial charge < -0.3 is 0 Å². The average Bonchev–Trinajstić information content (AvgIpc) is 3.78. The van der Waals surface area contributed by atoms with Gasteiger partial charge in [-0.05, 0) is 151 Å². The number of rotatable bonds is 2. The van der Waals surface area contributed by atoms with Crippen molar-refractivity contribution in [2.24, 2.45) is 0 Å². The topological polar surface area (TPSA) is 51.6 Å². The molecule has 0 bridgehead atoms. The molecule has 0 spiro atoms. The van der Waals surface area contributed by atoms with Crippen LogP contribution in [0.1, 0.15) is 0 Å². The van der Waals surface area contributed by atoms with Gasteiger partial charge >= 0.3 is 0 Å². The highest BCUT2D eigenvalue weighted by molar-refractivity contribution is 6.31. The number of fused-ring (bicyclic) bond motifs is 13. The maximum Gasteiger partial charge on any atom is 0.159 e. The summed E-state index contributed by atoms with van der Waals surface area (Å²) < 4.78 is 0. The molecule has 14 rings (SSSR count). The van der Waals surface area contributed by atoms with Crippen molar-refractivity contribution < 1.29 is 0 Å². The third kappa shape index (κ3) is 3.79. The van der Waals surface area contributed by atoms with Gasteiger partial charge in [0.15, 0.2) is 5.65 Å². The first-order valence-electron chi connectivity index (χ1n) is 19.8. The zero-order valence-corrected chi connectivity index (χ0v) is 31.0. The van der Waals surface area contributed by atoms with E-state index in [0.717, 1.165) is 32.9 Å². The van der Waals surface area contributed by atoms with Crippen LogP contribution in [0.3, 0.4) is 0 Å². The molecular weight excluding hydrogens is 705 g/mol. The Hall–Kier alpha value is -7.82. The first-order valence-corrected chi connectivity index (χ1v) is 19.8. The van der Waals surface area contributed by atoms with Crippen molar-refractivity contribution in [3.8, 4) is 66.8 Å². The van der Waals surface area contributed by atoms with Crippen LogP contribution in [-0.4, -0.2) is 19.9 Å². The van der Waals surface area contributed by atoms with Gasteiger partial charge in [-0.15, -0.1) is 0 Å². The molecule has 264 valence electrons. The molecule has 0 unspecified atom stereocenters. The Morgan fingerprint density at radius 3 is 1.50 bits per heavy atom. The van der Waals surface area contributed by atoms with Crippen molar-refractivity contribution in [3.05, 3.63) is 171 Å². The molecule has 4 heterocycles. The van der Waals surface area contributed by atoms with Gasteiger partial charge in [-0.25, -0.2) is 9.97 Å². The summed E-state index contributed by atoms with van der Waals surface area (Å²) in [6.07, 6.45) is 11.5. The Labute approximate surface area is 331 Å². The predicted octanol–water partition coefficient (Wildman–Crippen LogP) is 14.0. The molecule has 0 radical (unpaired) electrons. The lowest BCUT2D eigenvalue weighted by atomic mass is 9.83. The maximum atomic E-state index is 4.80. The lowest BCUT2D eigenvalue weighted by molar-refractivity contribution is 1.29. The van der Waals surface area contributed by atoms with Crippen LogP contribution in [0.5, 0.6) is 0 Å². The largest absolute Gasteiger partial charge is 0.264 e. The van der Waals surface area contributed by atoms with Gasteiger partial charge in [0.1, 0.15) is 0 Å². The molecule has 0 N–H and O–H groups in total. The molecule has 4 heteroatoms. The minimum atomic E-state index is 0.752. The molecule has 0 saturated heterocycles. The standard InChI is InChI=1S/C54H28N4/c1-6-29-8-3-12-41-48(29)35(10-1)45-24-43-33-16-18-38-44(34(33)15-17-37(43)50(52(41)45)39-20-23-58-54-40(39)14-5-21-57-54)25-46-36-11-2-7-30-9-4-13-42(49(30)36)53(46)51(38)47-28-56-27-31-26-55-22-19-32(31)47/h1-28H. The third-order valence-electron chi connectivity index (χ3n) is 13.0.